The standard InChI is InChI=1S/C20H28N4OS/c1-21-20(22-12-9-16-6-3-4-7-18(16)25-2)23-17-10-13-24(14-11-17)19-8-5-15-26-19/h3-8,15,17H,9-14H2,1-2H3,(H2,21,22,23). The van der Waals surface area contributed by atoms with Crippen LogP contribution in [0, 0.1) is 0 Å². The summed E-state index contributed by atoms with van der Waals surface area (Å²) in [4.78, 5) is 6.85. The van der Waals surface area contributed by atoms with Crippen molar-refractivity contribution in [2.75, 3.05) is 38.7 Å². The van der Waals surface area contributed by atoms with Crippen LogP contribution >= 0.6 is 11.3 Å². The maximum absolute atomic E-state index is 5.41. The molecular formula is C20H28N4OS. The number of thiophene rings is 1. The minimum Gasteiger partial charge on any atom is -0.496 e. The zero-order valence-corrected chi connectivity index (χ0v) is 16.4. The molecule has 0 spiro atoms. The van der Waals surface area contributed by atoms with Gasteiger partial charge in [0, 0.05) is 32.7 Å². The summed E-state index contributed by atoms with van der Waals surface area (Å²) in [7, 11) is 3.55. The minimum absolute atomic E-state index is 0.476. The molecule has 0 aliphatic carbocycles. The molecule has 6 heteroatoms. The lowest BCUT2D eigenvalue weighted by Gasteiger charge is -2.33. The van der Waals surface area contributed by atoms with Crippen LogP contribution in [0.3, 0.4) is 0 Å². The predicted molar refractivity (Wildman–Crippen MR) is 111 cm³/mol. The van der Waals surface area contributed by atoms with E-state index < -0.39 is 0 Å². The van der Waals surface area contributed by atoms with E-state index in [1.54, 1.807) is 7.11 Å². The first-order valence-electron chi connectivity index (χ1n) is 9.17. The summed E-state index contributed by atoms with van der Waals surface area (Å²) in [6, 6.07) is 13.0. The summed E-state index contributed by atoms with van der Waals surface area (Å²) in [5.41, 5.74) is 1.21. The van der Waals surface area contributed by atoms with Gasteiger partial charge in [0.05, 0.1) is 12.1 Å². The van der Waals surface area contributed by atoms with Crippen LogP contribution in [0.5, 0.6) is 5.75 Å². The van der Waals surface area contributed by atoms with Crippen LogP contribution < -0.4 is 20.3 Å². The Morgan fingerprint density at radius 1 is 1.23 bits per heavy atom. The van der Waals surface area contributed by atoms with E-state index in [-0.39, 0.29) is 0 Å². The van der Waals surface area contributed by atoms with Crippen LogP contribution in [0.15, 0.2) is 46.8 Å². The van der Waals surface area contributed by atoms with E-state index >= 15 is 0 Å². The van der Waals surface area contributed by atoms with E-state index in [1.165, 1.54) is 10.6 Å². The van der Waals surface area contributed by atoms with E-state index in [9.17, 15) is 0 Å². The Morgan fingerprint density at radius 3 is 2.73 bits per heavy atom. The molecule has 140 valence electrons. The number of benzene rings is 1. The lowest BCUT2D eigenvalue weighted by Crippen LogP contribution is -2.49. The Labute approximate surface area is 160 Å². The van der Waals surface area contributed by atoms with Crippen molar-refractivity contribution in [3.8, 4) is 5.75 Å². The van der Waals surface area contributed by atoms with Gasteiger partial charge in [0.25, 0.3) is 0 Å². The Balaban J connectivity index is 1.42. The quantitative estimate of drug-likeness (QED) is 0.604. The monoisotopic (exact) mass is 372 g/mol. The van der Waals surface area contributed by atoms with Crippen molar-refractivity contribution in [2.45, 2.75) is 25.3 Å². The predicted octanol–water partition coefficient (Wildman–Crippen LogP) is 3.13. The first-order chi connectivity index (χ1) is 12.8. The number of aliphatic imine (C=N–C) groups is 1. The average Bonchev–Trinajstić information content (AvgIpc) is 3.23. The molecule has 0 unspecified atom stereocenters. The lowest BCUT2D eigenvalue weighted by atomic mass is 10.1. The number of rotatable bonds is 6. The number of piperidine rings is 1. The van der Waals surface area contributed by atoms with Gasteiger partial charge in [-0.25, -0.2) is 0 Å². The highest BCUT2D eigenvalue weighted by atomic mass is 32.1. The summed E-state index contributed by atoms with van der Waals surface area (Å²) >= 11 is 1.82. The molecule has 0 saturated carbocycles. The van der Waals surface area contributed by atoms with Gasteiger partial charge in [0.15, 0.2) is 5.96 Å². The van der Waals surface area contributed by atoms with Crippen molar-refractivity contribution in [3.63, 3.8) is 0 Å². The average molecular weight is 373 g/mol. The number of ether oxygens (including phenoxy) is 1. The second kappa shape index (κ2) is 9.48. The molecule has 0 amide bonds. The summed E-state index contributed by atoms with van der Waals surface area (Å²) < 4.78 is 5.41. The van der Waals surface area contributed by atoms with Crippen LogP contribution in [-0.4, -0.2) is 45.8 Å². The number of hydrogen-bond donors (Lipinski definition) is 2. The molecule has 0 radical (unpaired) electrons. The number of methoxy groups -OCH3 is 1. The minimum atomic E-state index is 0.476. The van der Waals surface area contributed by atoms with E-state index in [1.807, 2.05) is 36.6 Å². The van der Waals surface area contributed by atoms with E-state index in [4.69, 9.17) is 4.74 Å². The third-order valence-electron chi connectivity index (χ3n) is 4.76. The van der Waals surface area contributed by atoms with Gasteiger partial charge < -0.3 is 20.3 Å². The van der Waals surface area contributed by atoms with Crippen molar-refractivity contribution in [1.82, 2.24) is 10.6 Å². The molecule has 1 aliphatic rings. The van der Waals surface area contributed by atoms with Gasteiger partial charge in [-0.05, 0) is 48.4 Å². The molecule has 3 rings (SSSR count). The number of nitrogens with one attached hydrogen (secondary N) is 2. The SMILES string of the molecule is CN=C(NCCc1ccccc1OC)NC1CCN(c2cccs2)CC1. The second-order valence-electron chi connectivity index (χ2n) is 6.42. The molecule has 2 heterocycles. The first kappa shape index (κ1) is 18.6. The molecule has 1 saturated heterocycles. The number of anilines is 1. The molecule has 1 aliphatic heterocycles. The van der Waals surface area contributed by atoms with Crippen LogP contribution in [0.25, 0.3) is 0 Å². The van der Waals surface area contributed by atoms with Crippen molar-refractivity contribution >= 4 is 22.3 Å². The fourth-order valence-electron chi connectivity index (χ4n) is 3.31. The Morgan fingerprint density at radius 2 is 2.04 bits per heavy atom. The molecular weight excluding hydrogens is 344 g/mol. The number of nitrogens with zero attached hydrogens (tertiary/aromatic N) is 2. The summed E-state index contributed by atoms with van der Waals surface area (Å²) in [6.07, 6.45) is 3.16. The van der Waals surface area contributed by atoms with Crippen molar-refractivity contribution < 1.29 is 4.74 Å². The van der Waals surface area contributed by atoms with Crippen LogP contribution in [0.1, 0.15) is 18.4 Å². The Bertz CT molecular complexity index is 694. The third-order valence-corrected chi connectivity index (χ3v) is 5.69. The van der Waals surface area contributed by atoms with Crippen LogP contribution in [0.4, 0.5) is 5.00 Å². The van der Waals surface area contributed by atoms with E-state index in [2.05, 4.69) is 44.1 Å². The largest absolute Gasteiger partial charge is 0.496 e. The molecule has 1 aromatic heterocycles. The molecule has 5 nitrogen and oxygen atoms in total. The smallest absolute Gasteiger partial charge is 0.191 e. The zero-order chi connectivity index (χ0) is 18.2. The van der Waals surface area contributed by atoms with Crippen LogP contribution in [-0.2, 0) is 6.42 Å². The van der Waals surface area contributed by atoms with Crippen molar-refractivity contribution in [1.29, 1.82) is 0 Å². The maximum atomic E-state index is 5.41. The number of hydrogen-bond acceptors (Lipinski definition) is 4. The van der Waals surface area contributed by atoms with Crippen molar-refractivity contribution in [2.24, 2.45) is 4.99 Å². The summed E-state index contributed by atoms with van der Waals surface area (Å²) in [5, 5.41) is 10.5. The van der Waals surface area contributed by atoms with Gasteiger partial charge in [-0.2, -0.15) is 0 Å². The normalized spacial score (nSPS) is 15.8. The summed E-state index contributed by atoms with van der Waals surface area (Å²) in [5.74, 6) is 1.83. The van der Waals surface area contributed by atoms with Gasteiger partial charge in [0.2, 0.25) is 0 Å². The third kappa shape index (κ3) is 4.91. The van der Waals surface area contributed by atoms with Gasteiger partial charge >= 0.3 is 0 Å². The molecule has 1 fully saturated rings. The van der Waals surface area contributed by atoms with Gasteiger partial charge in [-0.1, -0.05) is 18.2 Å². The molecule has 2 aromatic rings. The number of guanidine groups is 1. The topological polar surface area (TPSA) is 48.9 Å². The van der Waals surface area contributed by atoms with E-state index in [0.29, 0.717) is 6.04 Å². The van der Waals surface area contributed by atoms with Gasteiger partial charge in [-0.3, -0.25) is 4.99 Å². The number of para-hydroxylation sites is 1. The maximum Gasteiger partial charge on any atom is 0.191 e. The molecule has 1 aromatic carbocycles. The highest BCUT2D eigenvalue weighted by molar-refractivity contribution is 7.14. The highest BCUT2D eigenvalue weighted by Gasteiger charge is 2.20. The first-order valence-corrected chi connectivity index (χ1v) is 10.1. The molecule has 26 heavy (non-hydrogen) atoms. The Kier molecular flexibility index (Phi) is 6.77. The molecule has 2 N–H and O–H groups in total. The highest BCUT2D eigenvalue weighted by Crippen LogP contribution is 2.24. The Hall–Kier alpha value is -2.21. The molecule has 0 bridgehead atoms. The van der Waals surface area contributed by atoms with Gasteiger partial charge in [-0.15, -0.1) is 11.3 Å². The van der Waals surface area contributed by atoms with E-state index in [0.717, 1.165) is 50.6 Å². The lowest BCUT2D eigenvalue weighted by molar-refractivity contribution is 0.409. The fraction of sp³-hybridized carbons (Fsp3) is 0.450. The van der Waals surface area contributed by atoms with Crippen LogP contribution in [0.2, 0.25) is 0 Å². The zero-order valence-electron chi connectivity index (χ0n) is 15.6. The molecule has 0 atom stereocenters. The van der Waals surface area contributed by atoms with Crippen molar-refractivity contribution in [3.05, 3.63) is 47.3 Å². The fourth-order valence-corrected chi connectivity index (χ4v) is 4.09. The summed E-state index contributed by atoms with van der Waals surface area (Å²) in [6.45, 7) is 3.01. The van der Waals surface area contributed by atoms with Gasteiger partial charge in [0.1, 0.15) is 5.75 Å². The second-order valence-corrected chi connectivity index (χ2v) is 7.34.